The quantitative estimate of drug-likeness (QED) is 0.737. The van der Waals surface area contributed by atoms with E-state index in [9.17, 15) is 8.42 Å². The summed E-state index contributed by atoms with van der Waals surface area (Å²) in [6, 6.07) is 6.57. The van der Waals surface area contributed by atoms with Crippen LogP contribution in [0.5, 0.6) is 5.75 Å². The fraction of sp³-hybridized carbons (Fsp3) is 0.571. The lowest BCUT2D eigenvalue weighted by Gasteiger charge is -2.17. The molecular weight excluding hydrogens is 276 g/mol. The molecule has 1 fully saturated rings. The normalized spacial score (nSPS) is 15.6. The van der Waals surface area contributed by atoms with E-state index in [0.29, 0.717) is 36.3 Å². The van der Waals surface area contributed by atoms with Gasteiger partial charge in [0.15, 0.2) is 0 Å². The summed E-state index contributed by atoms with van der Waals surface area (Å²) < 4.78 is 31.6. The fourth-order valence-electron chi connectivity index (χ4n) is 1.92. The zero-order valence-corrected chi connectivity index (χ0v) is 12.6. The number of benzene rings is 1. The Hall–Kier alpha value is -1.11. The van der Waals surface area contributed by atoms with Crippen molar-refractivity contribution in [2.24, 2.45) is 11.7 Å². The monoisotopic (exact) mass is 298 g/mol. The van der Waals surface area contributed by atoms with Crippen LogP contribution >= 0.6 is 0 Å². The van der Waals surface area contributed by atoms with Crippen LogP contribution in [-0.2, 0) is 10.0 Å². The molecule has 2 rings (SSSR count). The van der Waals surface area contributed by atoms with Crippen molar-refractivity contribution < 1.29 is 13.2 Å². The van der Waals surface area contributed by atoms with Crippen LogP contribution in [0.3, 0.4) is 0 Å². The molecule has 20 heavy (non-hydrogen) atoms. The molecule has 0 saturated heterocycles. The Morgan fingerprint density at radius 2 is 1.95 bits per heavy atom. The average Bonchev–Trinajstić information content (AvgIpc) is 3.23. The number of rotatable bonds is 8. The molecule has 1 aliphatic rings. The van der Waals surface area contributed by atoms with Gasteiger partial charge in [-0.3, -0.25) is 0 Å². The molecule has 0 unspecified atom stereocenters. The van der Waals surface area contributed by atoms with Crippen molar-refractivity contribution >= 4 is 10.0 Å². The van der Waals surface area contributed by atoms with Gasteiger partial charge in [-0.1, -0.05) is 0 Å². The van der Waals surface area contributed by atoms with Gasteiger partial charge < -0.3 is 10.5 Å². The van der Waals surface area contributed by atoms with E-state index in [4.69, 9.17) is 10.5 Å². The van der Waals surface area contributed by atoms with Gasteiger partial charge in [0.1, 0.15) is 5.75 Å². The molecule has 0 spiro atoms. The second kappa shape index (κ2) is 6.56. The van der Waals surface area contributed by atoms with Gasteiger partial charge in [-0.2, -0.15) is 0 Å². The van der Waals surface area contributed by atoms with E-state index in [1.165, 1.54) is 4.31 Å². The minimum Gasteiger partial charge on any atom is -0.494 e. The van der Waals surface area contributed by atoms with E-state index in [1.54, 1.807) is 31.3 Å². The third-order valence-corrected chi connectivity index (χ3v) is 5.20. The first kappa shape index (κ1) is 15.3. The highest BCUT2D eigenvalue weighted by atomic mass is 32.2. The lowest BCUT2D eigenvalue weighted by atomic mass is 10.3. The maximum absolute atomic E-state index is 12.3. The molecule has 0 aliphatic heterocycles. The van der Waals surface area contributed by atoms with Gasteiger partial charge >= 0.3 is 0 Å². The van der Waals surface area contributed by atoms with E-state index in [1.807, 2.05) is 0 Å². The van der Waals surface area contributed by atoms with Crippen molar-refractivity contribution in [2.75, 3.05) is 26.7 Å². The van der Waals surface area contributed by atoms with Crippen LogP contribution < -0.4 is 10.5 Å². The smallest absolute Gasteiger partial charge is 0.242 e. The fourth-order valence-corrected chi connectivity index (χ4v) is 3.17. The molecule has 1 aromatic carbocycles. The predicted octanol–water partition coefficient (Wildman–Crippen LogP) is 1.44. The van der Waals surface area contributed by atoms with Crippen molar-refractivity contribution in [2.45, 2.75) is 24.2 Å². The minimum atomic E-state index is -3.38. The summed E-state index contributed by atoms with van der Waals surface area (Å²) in [6.07, 6.45) is 3.05. The van der Waals surface area contributed by atoms with Crippen LogP contribution in [-0.4, -0.2) is 39.5 Å². The molecule has 6 heteroatoms. The Balaban J connectivity index is 2.00. The Bertz CT molecular complexity index is 524. The predicted molar refractivity (Wildman–Crippen MR) is 78.1 cm³/mol. The Kier molecular flexibility index (Phi) is 5.01. The summed E-state index contributed by atoms with van der Waals surface area (Å²) in [5.74, 6) is 1.20. The molecular formula is C14H22N2O3S. The van der Waals surface area contributed by atoms with Gasteiger partial charge in [0.05, 0.1) is 11.5 Å². The summed E-state index contributed by atoms with van der Waals surface area (Å²) >= 11 is 0. The van der Waals surface area contributed by atoms with Gasteiger partial charge in [0, 0.05) is 13.6 Å². The van der Waals surface area contributed by atoms with E-state index in [-0.39, 0.29) is 0 Å². The molecule has 0 heterocycles. The minimum absolute atomic E-state index is 0.312. The SMILES string of the molecule is CN(CC1CC1)S(=O)(=O)c1ccc(OCCCN)cc1. The summed E-state index contributed by atoms with van der Waals surface area (Å²) in [5.41, 5.74) is 5.39. The topological polar surface area (TPSA) is 72.6 Å². The summed E-state index contributed by atoms with van der Waals surface area (Å²) in [4.78, 5) is 0.312. The van der Waals surface area contributed by atoms with Crippen LogP contribution in [0, 0.1) is 5.92 Å². The third-order valence-electron chi connectivity index (χ3n) is 3.36. The molecule has 112 valence electrons. The van der Waals surface area contributed by atoms with Crippen LogP contribution in [0.15, 0.2) is 29.2 Å². The summed E-state index contributed by atoms with van der Waals surface area (Å²) in [6.45, 7) is 1.74. The van der Waals surface area contributed by atoms with Gasteiger partial charge in [0.2, 0.25) is 10.0 Å². The van der Waals surface area contributed by atoms with Crippen molar-refractivity contribution in [3.05, 3.63) is 24.3 Å². The first-order valence-corrected chi connectivity index (χ1v) is 8.37. The standard InChI is InChI=1S/C14H22N2O3S/c1-16(11-12-3-4-12)20(17,18)14-7-5-13(6-8-14)19-10-2-9-15/h5-8,12H,2-4,9-11,15H2,1H3. The second-order valence-corrected chi connectivity index (χ2v) is 7.24. The Morgan fingerprint density at radius 1 is 1.30 bits per heavy atom. The van der Waals surface area contributed by atoms with Crippen LogP contribution in [0.1, 0.15) is 19.3 Å². The molecule has 1 aliphatic carbocycles. The van der Waals surface area contributed by atoms with Crippen molar-refractivity contribution in [1.29, 1.82) is 0 Å². The van der Waals surface area contributed by atoms with Crippen molar-refractivity contribution in [3.8, 4) is 5.75 Å². The number of nitrogens with two attached hydrogens (primary N) is 1. The van der Waals surface area contributed by atoms with Crippen molar-refractivity contribution in [3.63, 3.8) is 0 Å². The highest BCUT2D eigenvalue weighted by molar-refractivity contribution is 7.89. The van der Waals surface area contributed by atoms with Crippen LogP contribution in [0.25, 0.3) is 0 Å². The average molecular weight is 298 g/mol. The zero-order chi connectivity index (χ0) is 14.6. The molecule has 0 atom stereocenters. The zero-order valence-electron chi connectivity index (χ0n) is 11.8. The van der Waals surface area contributed by atoms with Gasteiger partial charge in [-0.25, -0.2) is 12.7 Å². The number of sulfonamides is 1. The van der Waals surface area contributed by atoms with Crippen LogP contribution in [0.4, 0.5) is 0 Å². The van der Waals surface area contributed by atoms with Gasteiger partial charge in [0.25, 0.3) is 0 Å². The Labute approximate surface area is 120 Å². The van der Waals surface area contributed by atoms with E-state index in [0.717, 1.165) is 19.3 Å². The molecule has 1 saturated carbocycles. The van der Waals surface area contributed by atoms with E-state index >= 15 is 0 Å². The van der Waals surface area contributed by atoms with Gasteiger partial charge in [-0.05, 0) is 56.0 Å². The molecule has 0 amide bonds. The summed E-state index contributed by atoms with van der Waals surface area (Å²) in [7, 11) is -1.74. The molecule has 5 nitrogen and oxygen atoms in total. The molecule has 0 radical (unpaired) electrons. The van der Waals surface area contributed by atoms with E-state index < -0.39 is 10.0 Å². The number of hydrogen-bond donors (Lipinski definition) is 1. The maximum Gasteiger partial charge on any atom is 0.242 e. The molecule has 2 N–H and O–H groups in total. The van der Waals surface area contributed by atoms with Gasteiger partial charge in [-0.15, -0.1) is 0 Å². The number of ether oxygens (including phenoxy) is 1. The lowest BCUT2D eigenvalue weighted by Crippen LogP contribution is -2.28. The number of hydrogen-bond acceptors (Lipinski definition) is 4. The van der Waals surface area contributed by atoms with E-state index in [2.05, 4.69) is 0 Å². The first-order valence-electron chi connectivity index (χ1n) is 6.93. The maximum atomic E-state index is 12.3. The lowest BCUT2D eigenvalue weighted by molar-refractivity contribution is 0.313. The highest BCUT2D eigenvalue weighted by Crippen LogP contribution is 2.31. The second-order valence-electron chi connectivity index (χ2n) is 5.19. The van der Waals surface area contributed by atoms with Crippen molar-refractivity contribution in [1.82, 2.24) is 4.31 Å². The first-order chi connectivity index (χ1) is 9.54. The summed E-state index contributed by atoms with van der Waals surface area (Å²) in [5, 5.41) is 0. The molecule has 1 aromatic rings. The number of nitrogens with zero attached hydrogens (tertiary/aromatic N) is 1. The van der Waals surface area contributed by atoms with Crippen LogP contribution in [0.2, 0.25) is 0 Å². The molecule has 0 aromatic heterocycles. The Morgan fingerprint density at radius 3 is 2.50 bits per heavy atom. The largest absolute Gasteiger partial charge is 0.494 e. The molecule has 0 bridgehead atoms. The third kappa shape index (κ3) is 3.94. The highest BCUT2D eigenvalue weighted by Gasteiger charge is 2.29.